The van der Waals surface area contributed by atoms with Gasteiger partial charge in [-0.3, -0.25) is 0 Å². The van der Waals surface area contributed by atoms with E-state index in [1.165, 1.54) is 8.52 Å². The molecule has 0 aliphatic carbocycles. The minimum atomic E-state index is 0.183. The Kier molecular flexibility index (Phi) is 2.20. The van der Waals surface area contributed by atoms with Gasteiger partial charge >= 0.3 is 99.0 Å². The van der Waals surface area contributed by atoms with E-state index < -0.39 is 0 Å². The summed E-state index contributed by atoms with van der Waals surface area (Å²) in [6, 6.07) is 14.1. The van der Waals surface area contributed by atoms with Crippen LogP contribution in [0.3, 0.4) is 0 Å². The Labute approximate surface area is 99.1 Å². The molecular formula is C14H10OSe. The molecule has 0 saturated carbocycles. The van der Waals surface area contributed by atoms with E-state index in [9.17, 15) is 4.79 Å². The molecular weight excluding hydrogens is 263 g/mol. The van der Waals surface area contributed by atoms with E-state index in [0.717, 1.165) is 16.3 Å². The van der Waals surface area contributed by atoms with E-state index in [0.29, 0.717) is 0 Å². The average Bonchev–Trinajstić information content (AvgIpc) is 2.31. The summed E-state index contributed by atoms with van der Waals surface area (Å²) >= 11 is 0.271. The molecule has 2 aromatic carbocycles. The van der Waals surface area contributed by atoms with E-state index in [1.54, 1.807) is 0 Å². The van der Waals surface area contributed by atoms with Crippen LogP contribution in [0.25, 0.3) is 19.3 Å². The van der Waals surface area contributed by atoms with Crippen LogP contribution < -0.4 is 5.43 Å². The number of benzene rings is 2. The minimum absolute atomic E-state index is 0.183. The zero-order valence-electron chi connectivity index (χ0n) is 8.86. The summed E-state index contributed by atoms with van der Waals surface area (Å²) < 4.78 is 2.41. The molecule has 0 atom stereocenters. The Morgan fingerprint density at radius 2 is 1.69 bits per heavy atom. The molecule has 78 valence electrons. The molecule has 0 aliphatic rings. The van der Waals surface area contributed by atoms with Crippen LogP contribution in [0, 0.1) is 6.92 Å². The van der Waals surface area contributed by atoms with Gasteiger partial charge in [-0.05, 0) is 0 Å². The SMILES string of the molecule is Cc1ccc2[se]c3ccccc3c(=O)c2c1. The maximum absolute atomic E-state index is 12.3. The predicted octanol–water partition coefficient (Wildman–Crippen LogP) is 2.72. The van der Waals surface area contributed by atoms with Gasteiger partial charge in [-0.15, -0.1) is 0 Å². The molecule has 0 bridgehead atoms. The fourth-order valence-corrected chi connectivity index (χ4v) is 4.12. The number of rotatable bonds is 0. The molecule has 0 unspecified atom stereocenters. The number of fused-ring (bicyclic) bond motifs is 2. The van der Waals surface area contributed by atoms with Crippen LogP contribution >= 0.6 is 0 Å². The topological polar surface area (TPSA) is 17.1 Å². The van der Waals surface area contributed by atoms with E-state index in [2.05, 4.69) is 18.2 Å². The summed E-state index contributed by atoms with van der Waals surface area (Å²) in [5.41, 5.74) is 1.34. The second-order valence-electron chi connectivity index (χ2n) is 3.93. The zero-order valence-corrected chi connectivity index (χ0v) is 10.6. The molecule has 1 aromatic heterocycles. The standard InChI is InChI=1S/C14H10OSe/c1-9-6-7-13-11(8-9)14(15)10-4-2-3-5-12(10)16-13/h2-8H,1H3. The van der Waals surface area contributed by atoms with Crippen molar-refractivity contribution in [2.75, 3.05) is 0 Å². The molecule has 0 saturated heterocycles. The zero-order chi connectivity index (χ0) is 11.1. The van der Waals surface area contributed by atoms with Crippen LogP contribution in [0.4, 0.5) is 0 Å². The van der Waals surface area contributed by atoms with Crippen molar-refractivity contribution in [1.82, 2.24) is 0 Å². The van der Waals surface area contributed by atoms with Crippen LogP contribution in [0.2, 0.25) is 0 Å². The second-order valence-corrected chi connectivity index (χ2v) is 6.20. The third-order valence-electron chi connectivity index (χ3n) is 2.73. The Morgan fingerprint density at radius 1 is 0.938 bits per heavy atom. The first-order chi connectivity index (χ1) is 7.75. The normalized spacial score (nSPS) is 11.1. The predicted molar refractivity (Wildman–Crippen MR) is 69.4 cm³/mol. The number of hydrogen-bond donors (Lipinski definition) is 0. The molecule has 2 heteroatoms. The fraction of sp³-hybridized carbons (Fsp3) is 0.0714. The van der Waals surface area contributed by atoms with E-state index in [4.69, 9.17) is 0 Å². The van der Waals surface area contributed by atoms with Crippen molar-refractivity contribution in [1.29, 1.82) is 0 Å². The van der Waals surface area contributed by atoms with Gasteiger partial charge < -0.3 is 0 Å². The summed E-state index contributed by atoms with van der Waals surface area (Å²) in [5, 5.41) is 1.79. The Bertz CT molecular complexity index is 740. The van der Waals surface area contributed by atoms with Crippen LogP contribution in [0.1, 0.15) is 5.56 Å². The van der Waals surface area contributed by atoms with Crippen molar-refractivity contribution in [2.24, 2.45) is 0 Å². The van der Waals surface area contributed by atoms with Gasteiger partial charge in [0, 0.05) is 0 Å². The third-order valence-corrected chi connectivity index (χ3v) is 5.15. The average molecular weight is 273 g/mol. The summed E-state index contributed by atoms with van der Waals surface area (Å²) in [6.45, 7) is 2.03. The van der Waals surface area contributed by atoms with Gasteiger partial charge in [0.1, 0.15) is 0 Å². The van der Waals surface area contributed by atoms with Gasteiger partial charge in [0.25, 0.3) is 0 Å². The first-order valence-electron chi connectivity index (χ1n) is 5.18. The molecule has 3 rings (SSSR count). The third kappa shape index (κ3) is 1.42. The molecule has 0 spiro atoms. The van der Waals surface area contributed by atoms with Gasteiger partial charge in [-0.25, -0.2) is 0 Å². The summed E-state index contributed by atoms with van der Waals surface area (Å²) in [6.07, 6.45) is 0. The Hall–Kier alpha value is -1.37. The molecule has 1 nitrogen and oxygen atoms in total. The monoisotopic (exact) mass is 274 g/mol. The Morgan fingerprint density at radius 3 is 2.56 bits per heavy atom. The molecule has 16 heavy (non-hydrogen) atoms. The fourth-order valence-electron chi connectivity index (χ4n) is 1.92. The summed E-state index contributed by atoms with van der Waals surface area (Å²) in [4.78, 5) is 12.3. The molecule has 0 fully saturated rings. The molecule has 0 N–H and O–H groups in total. The Balaban J connectivity index is 2.61. The molecule has 0 aliphatic heterocycles. The first-order valence-corrected chi connectivity index (χ1v) is 6.89. The van der Waals surface area contributed by atoms with Gasteiger partial charge in [-0.2, -0.15) is 0 Å². The van der Waals surface area contributed by atoms with Crippen molar-refractivity contribution >= 4 is 33.8 Å². The maximum atomic E-state index is 12.3. The van der Waals surface area contributed by atoms with Crippen molar-refractivity contribution in [2.45, 2.75) is 6.92 Å². The van der Waals surface area contributed by atoms with Crippen LogP contribution in [-0.4, -0.2) is 14.5 Å². The van der Waals surface area contributed by atoms with Crippen LogP contribution in [-0.2, 0) is 0 Å². The van der Waals surface area contributed by atoms with Crippen LogP contribution in [0.5, 0.6) is 0 Å². The second kappa shape index (κ2) is 3.58. The molecule has 0 radical (unpaired) electrons. The van der Waals surface area contributed by atoms with E-state index in [-0.39, 0.29) is 19.9 Å². The first kappa shape index (κ1) is 9.83. The van der Waals surface area contributed by atoms with Gasteiger partial charge in [-0.1, -0.05) is 0 Å². The molecule has 3 aromatic rings. The number of aryl methyl sites for hydroxylation is 1. The van der Waals surface area contributed by atoms with Crippen molar-refractivity contribution in [3.63, 3.8) is 0 Å². The van der Waals surface area contributed by atoms with E-state index >= 15 is 0 Å². The van der Waals surface area contributed by atoms with Gasteiger partial charge in [0.05, 0.1) is 0 Å². The summed E-state index contributed by atoms with van der Waals surface area (Å²) in [7, 11) is 0. The summed E-state index contributed by atoms with van der Waals surface area (Å²) in [5.74, 6) is 0. The van der Waals surface area contributed by atoms with Gasteiger partial charge in [0.15, 0.2) is 0 Å². The quantitative estimate of drug-likeness (QED) is 0.454. The van der Waals surface area contributed by atoms with Crippen molar-refractivity contribution in [3.05, 3.63) is 58.3 Å². The van der Waals surface area contributed by atoms with Crippen LogP contribution in [0.15, 0.2) is 47.3 Å². The molecule has 1 heterocycles. The van der Waals surface area contributed by atoms with Crippen molar-refractivity contribution in [3.8, 4) is 0 Å². The van der Waals surface area contributed by atoms with Gasteiger partial charge in [0.2, 0.25) is 0 Å². The van der Waals surface area contributed by atoms with E-state index in [1.807, 2.05) is 31.2 Å². The number of hydrogen-bond acceptors (Lipinski definition) is 1. The van der Waals surface area contributed by atoms with Crippen molar-refractivity contribution < 1.29 is 0 Å². The molecule has 0 amide bonds.